The number of alkyl halides is 1. The van der Waals surface area contributed by atoms with Crippen molar-refractivity contribution in [3.63, 3.8) is 0 Å². The lowest BCUT2D eigenvalue weighted by Crippen LogP contribution is -2.57. The second-order valence-electron chi connectivity index (χ2n) is 10.1. The van der Waals surface area contributed by atoms with Crippen molar-refractivity contribution in [2.75, 3.05) is 5.75 Å². The summed E-state index contributed by atoms with van der Waals surface area (Å²) in [7, 11) is -1.13. The predicted octanol–water partition coefficient (Wildman–Crippen LogP) is 5.35. The second-order valence-corrected chi connectivity index (χ2v) is 12.7. The van der Waals surface area contributed by atoms with E-state index in [9.17, 15) is 13.8 Å². The minimum Gasteiger partial charge on any atom is -0.299 e. The Bertz CT molecular complexity index is 817. The Balaban J connectivity index is 1.65. The highest BCUT2D eigenvalue weighted by Crippen LogP contribution is 2.68. The van der Waals surface area contributed by atoms with Gasteiger partial charge in [-0.3, -0.25) is 13.8 Å². The SMILES string of the molecule is CCCCC[S@@](=O)[C@@]1(Cl)CC[C@H]2[C@@H]3CCC4=CC(=O)C=C[C@]4(C)[C@H]3C(=O)C[C@@]21C. The molecule has 0 spiro atoms. The van der Waals surface area contributed by atoms with Gasteiger partial charge in [-0.1, -0.05) is 45.3 Å². The molecular formula is C24H33ClO3S. The molecule has 0 aliphatic heterocycles. The molecule has 0 saturated heterocycles. The van der Waals surface area contributed by atoms with Crippen LogP contribution in [0.1, 0.15) is 72.1 Å². The molecule has 4 aliphatic rings. The van der Waals surface area contributed by atoms with Crippen molar-refractivity contribution in [2.45, 2.75) is 76.3 Å². The van der Waals surface area contributed by atoms with Crippen LogP contribution in [0.25, 0.3) is 0 Å². The summed E-state index contributed by atoms with van der Waals surface area (Å²) in [6.07, 6.45) is 12.3. The van der Waals surface area contributed by atoms with Gasteiger partial charge in [0.25, 0.3) is 0 Å². The number of carbonyl (C=O) groups is 2. The lowest BCUT2D eigenvalue weighted by atomic mass is 9.48. The highest BCUT2D eigenvalue weighted by atomic mass is 35.5. The monoisotopic (exact) mass is 436 g/mol. The average molecular weight is 437 g/mol. The van der Waals surface area contributed by atoms with Gasteiger partial charge < -0.3 is 0 Å². The fourth-order valence-electron chi connectivity index (χ4n) is 6.99. The third kappa shape index (κ3) is 3.07. The van der Waals surface area contributed by atoms with E-state index in [-0.39, 0.29) is 28.8 Å². The summed E-state index contributed by atoms with van der Waals surface area (Å²) in [5.74, 6) is 1.41. The van der Waals surface area contributed by atoms with E-state index in [2.05, 4.69) is 20.8 Å². The van der Waals surface area contributed by atoms with Gasteiger partial charge >= 0.3 is 0 Å². The van der Waals surface area contributed by atoms with Crippen LogP contribution in [0.15, 0.2) is 23.8 Å². The Morgan fingerprint density at radius 1 is 1.21 bits per heavy atom. The summed E-state index contributed by atoms with van der Waals surface area (Å²) in [6, 6.07) is 0. The molecule has 0 amide bonds. The molecule has 0 N–H and O–H groups in total. The van der Waals surface area contributed by atoms with Gasteiger partial charge in [-0.15, -0.1) is 11.6 Å². The summed E-state index contributed by atoms with van der Waals surface area (Å²) in [5.41, 5.74) is 0.351. The zero-order chi connectivity index (χ0) is 21.0. The van der Waals surface area contributed by atoms with Crippen LogP contribution in [0.4, 0.5) is 0 Å². The maximum atomic E-state index is 13.6. The number of ketones is 2. The predicted molar refractivity (Wildman–Crippen MR) is 118 cm³/mol. The molecule has 0 aromatic carbocycles. The van der Waals surface area contributed by atoms with E-state index in [1.54, 1.807) is 12.2 Å². The van der Waals surface area contributed by atoms with Gasteiger partial charge in [-0.25, -0.2) is 0 Å². The third-order valence-corrected chi connectivity index (χ3v) is 11.8. The molecule has 0 bridgehead atoms. The minimum atomic E-state index is -1.13. The normalized spacial score (nSPS) is 44.7. The number of halogens is 1. The van der Waals surface area contributed by atoms with E-state index >= 15 is 0 Å². The Hall–Kier alpha value is -0.740. The van der Waals surface area contributed by atoms with Crippen molar-refractivity contribution >= 4 is 34.0 Å². The number of fused-ring (bicyclic) bond motifs is 5. The molecule has 4 aliphatic carbocycles. The fourth-order valence-corrected chi connectivity index (χ4v) is 9.41. The molecule has 0 aromatic rings. The molecule has 3 nitrogen and oxygen atoms in total. The molecule has 0 heterocycles. The van der Waals surface area contributed by atoms with Gasteiger partial charge in [0.2, 0.25) is 0 Å². The van der Waals surface area contributed by atoms with E-state index in [1.807, 2.05) is 6.08 Å². The molecule has 5 heteroatoms. The van der Waals surface area contributed by atoms with Crippen LogP contribution >= 0.6 is 11.6 Å². The van der Waals surface area contributed by atoms with Crippen molar-refractivity contribution in [3.05, 3.63) is 23.8 Å². The van der Waals surface area contributed by atoms with E-state index < -0.39 is 20.4 Å². The Kier molecular flexibility index (Phi) is 5.51. The first-order valence-corrected chi connectivity index (χ1v) is 12.9. The topological polar surface area (TPSA) is 51.2 Å². The Labute approximate surface area is 182 Å². The zero-order valence-electron chi connectivity index (χ0n) is 17.8. The summed E-state index contributed by atoms with van der Waals surface area (Å²) >= 11 is 7.18. The van der Waals surface area contributed by atoms with E-state index in [0.717, 1.165) is 50.5 Å². The third-order valence-electron chi connectivity index (χ3n) is 8.57. The van der Waals surface area contributed by atoms with Crippen molar-refractivity contribution in [2.24, 2.45) is 28.6 Å². The summed E-state index contributed by atoms with van der Waals surface area (Å²) in [5, 5.41) is 0. The Morgan fingerprint density at radius 3 is 2.69 bits per heavy atom. The van der Waals surface area contributed by atoms with Crippen molar-refractivity contribution in [1.29, 1.82) is 0 Å². The van der Waals surface area contributed by atoms with E-state index in [4.69, 9.17) is 11.6 Å². The van der Waals surface area contributed by atoms with Crippen LogP contribution in [-0.4, -0.2) is 25.7 Å². The average Bonchev–Trinajstić information content (AvgIpc) is 2.94. The molecule has 160 valence electrons. The van der Waals surface area contributed by atoms with Crippen LogP contribution in [0.3, 0.4) is 0 Å². The first-order valence-electron chi connectivity index (χ1n) is 11.2. The Morgan fingerprint density at radius 2 is 1.97 bits per heavy atom. The minimum absolute atomic E-state index is 0.0344. The van der Waals surface area contributed by atoms with Gasteiger partial charge in [0.15, 0.2) is 5.78 Å². The first-order chi connectivity index (χ1) is 13.7. The van der Waals surface area contributed by atoms with Crippen LogP contribution in [0.5, 0.6) is 0 Å². The number of unbranched alkanes of at least 4 members (excludes halogenated alkanes) is 2. The number of hydrogen-bond acceptors (Lipinski definition) is 3. The maximum absolute atomic E-state index is 13.6. The quantitative estimate of drug-likeness (QED) is 0.431. The molecule has 29 heavy (non-hydrogen) atoms. The highest BCUT2D eigenvalue weighted by Gasteiger charge is 2.67. The number of carbonyl (C=O) groups excluding carboxylic acids is 2. The lowest BCUT2D eigenvalue weighted by molar-refractivity contribution is -0.141. The van der Waals surface area contributed by atoms with Gasteiger partial charge in [-0.2, -0.15) is 0 Å². The van der Waals surface area contributed by atoms with Crippen molar-refractivity contribution < 1.29 is 13.8 Å². The van der Waals surface area contributed by atoms with Crippen LogP contribution in [0, 0.1) is 28.6 Å². The van der Waals surface area contributed by atoms with Gasteiger partial charge in [-0.05, 0) is 56.1 Å². The number of allylic oxidation sites excluding steroid dienone is 4. The first kappa shape index (κ1) is 21.5. The number of hydrogen-bond donors (Lipinski definition) is 0. The summed E-state index contributed by atoms with van der Waals surface area (Å²) < 4.78 is 12.5. The molecule has 7 atom stereocenters. The van der Waals surface area contributed by atoms with Gasteiger partial charge in [0.1, 0.15) is 9.99 Å². The molecular weight excluding hydrogens is 404 g/mol. The highest BCUT2D eigenvalue weighted by molar-refractivity contribution is 7.87. The fraction of sp³-hybridized carbons (Fsp3) is 0.750. The van der Waals surface area contributed by atoms with Gasteiger partial charge in [0, 0.05) is 39.7 Å². The summed E-state index contributed by atoms with van der Waals surface area (Å²) in [6.45, 7) is 6.41. The van der Waals surface area contributed by atoms with Crippen molar-refractivity contribution in [1.82, 2.24) is 0 Å². The number of rotatable bonds is 5. The molecule has 3 saturated carbocycles. The lowest BCUT2D eigenvalue weighted by Gasteiger charge is -2.56. The van der Waals surface area contributed by atoms with Crippen LogP contribution in [-0.2, 0) is 20.4 Å². The van der Waals surface area contributed by atoms with Crippen molar-refractivity contribution in [3.8, 4) is 0 Å². The number of Topliss-reactive ketones (excluding diaryl/α,β-unsaturated/α-hetero) is 1. The van der Waals surface area contributed by atoms with Crippen LogP contribution < -0.4 is 0 Å². The molecule has 0 unspecified atom stereocenters. The standard InChI is InChI=1S/C24H33ClO3S/c1-4-5-6-13-29(28)24(25)12-10-19-18-8-7-16-14-17(26)9-11-22(16,2)21(18)20(27)15-23(19,24)3/h9,11,14,18-19,21H,4-8,10,12-13,15H2,1-3H3/t18-,19-,21+,22-,23-,24-,29+/m0/s1. The van der Waals surface area contributed by atoms with E-state index in [0.29, 0.717) is 18.1 Å². The molecule has 0 radical (unpaired) electrons. The summed E-state index contributed by atoms with van der Waals surface area (Å²) in [4.78, 5) is 25.5. The van der Waals surface area contributed by atoms with Crippen LogP contribution in [0.2, 0.25) is 0 Å². The van der Waals surface area contributed by atoms with E-state index in [1.165, 1.54) is 0 Å². The smallest absolute Gasteiger partial charge is 0.178 e. The largest absolute Gasteiger partial charge is 0.299 e. The molecule has 3 fully saturated rings. The zero-order valence-corrected chi connectivity index (χ0v) is 19.4. The molecule has 0 aromatic heterocycles. The molecule has 4 rings (SSSR count). The van der Waals surface area contributed by atoms with Gasteiger partial charge in [0.05, 0.1) is 0 Å². The second kappa shape index (κ2) is 7.44. The maximum Gasteiger partial charge on any atom is 0.178 e.